The molecule has 10 heteroatoms. The van der Waals surface area contributed by atoms with Gasteiger partial charge in [-0.2, -0.15) is 0 Å². The van der Waals surface area contributed by atoms with Crippen molar-refractivity contribution in [3.05, 3.63) is 0 Å². The van der Waals surface area contributed by atoms with Crippen LogP contribution in [0.15, 0.2) is 10.3 Å². The Morgan fingerprint density at radius 2 is 1.31 bits per heavy atom. The molecule has 2 heterocycles. The number of hydrogen-bond donors (Lipinski definition) is 0. The quantitative estimate of drug-likeness (QED) is 0.171. The number of oxime groups is 2. The fourth-order valence-electron chi connectivity index (χ4n) is 1.48. The van der Waals surface area contributed by atoms with Crippen molar-refractivity contribution in [3.63, 3.8) is 0 Å². The summed E-state index contributed by atoms with van der Waals surface area (Å²) in [6.45, 7) is 18.5. The van der Waals surface area contributed by atoms with Gasteiger partial charge in [0.15, 0.2) is 0 Å². The summed E-state index contributed by atoms with van der Waals surface area (Å²) in [5.74, 6) is 0. The molecule has 2 aliphatic rings. The molecule has 0 N–H and O–H groups in total. The second kappa shape index (κ2) is 13.4. The zero-order valence-electron chi connectivity index (χ0n) is 18.9. The molecule has 0 saturated heterocycles. The van der Waals surface area contributed by atoms with E-state index in [1.54, 1.807) is 0 Å². The maximum absolute atomic E-state index is 8.64. The molecule has 0 aromatic rings. The molecule has 0 aliphatic carbocycles. The van der Waals surface area contributed by atoms with Gasteiger partial charge >= 0.3 is 138 Å². The first-order valence-corrected chi connectivity index (χ1v) is 8.34. The van der Waals surface area contributed by atoms with E-state index in [0.717, 1.165) is 10.3 Å². The average molecular weight is 675 g/mol. The predicted molar refractivity (Wildman–Crippen MR) is 95.6 cm³/mol. The molecule has 2 rings (SSSR count). The number of carbonyl (C=O) groups excluding carboxylic acids is 1. The SMILES string of the molecule is CC1(C)ON=C(Br)C1(C)C.CC1=NOC(C)(C)C1(C)C.O=CO[O-].[Cs+].[Cs+].[H-]. The second-order valence-corrected chi connectivity index (χ2v) is 8.46. The van der Waals surface area contributed by atoms with Crippen LogP contribution in [-0.2, 0) is 19.4 Å². The number of hydrogen-bond acceptors (Lipinski definition) is 7. The van der Waals surface area contributed by atoms with Gasteiger partial charge in [-0.25, -0.2) is 0 Å². The van der Waals surface area contributed by atoms with E-state index in [1.807, 2.05) is 20.8 Å². The van der Waals surface area contributed by atoms with E-state index in [2.05, 4.69) is 72.7 Å². The molecular weight excluding hydrogens is 646 g/mol. The minimum atomic E-state index is -0.189. The molecule has 0 fully saturated rings. The Bertz CT molecular complexity index is 485. The van der Waals surface area contributed by atoms with Gasteiger partial charge < -0.3 is 21.2 Å². The van der Waals surface area contributed by atoms with E-state index in [1.165, 1.54) is 0 Å². The monoisotopic (exact) mass is 674 g/mol. The molecule has 26 heavy (non-hydrogen) atoms. The summed E-state index contributed by atoms with van der Waals surface area (Å²) < 4.78 is 0.894. The summed E-state index contributed by atoms with van der Waals surface area (Å²) in [4.78, 5) is 21.7. The van der Waals surface area contributed by atoms with Crippen molar-refractivity contribution in [1.82, 2.24) is 0 Å². The van der Waals surface area contributed by atoms with E-state index in [9.17, 15) is 0 Å². The van der Waals surface area contributed by atoms with E-state index < -0.39 is 0 Å². The molecule has 0 saturated carbocycles. The van der Waals surface area contributed by atoms with Gasteiger partial charge in [-0.15, -0.1) is 0 Å². The Kier molecular flexibility index (Phi) is 17.3. The summed E-state index contributed by atoms with van der Waals surface area (Å²) in [6, 6.07) is 0. The van der Waals surface area contributed by atoms with Gasteiger partial charge in [0, 0.05) is 5.41 Å². The molecule has 0 amide bonds. The second-order valence-electron chi connectivity index (χ2n) is 7.70. The molecule has 0 radical (unpaired) electrons. The fraction of sp³-hybridized carbons (Fsp3) is 0.812. The van der Waals surface area contributed by atoms with Crippen LogP contribution in [0.2, 0.25) is 0 Å². The van der Waals surface area contributed by atoms with Gasteiger partial charge in [-0.3, -0.25) is 4.79 Å². The van der Waals surface area contributed by atoms with Gasteiger partial charge in [-0.1, -0.05) is 24.2 Å². The molecule has 0 aromatic carbocycles. The van der Waals surface area contributed by atoms with E-state index in [4.69, 9.17) is 19.7 Å². The molecular formula is C16H29BrCs2N2O5. The van der Waals surface area contributed by atoms with Crippen LogP contribution >= 0.6 is 15.9 Å². The van der Waals surface area contributed by atoms with Gasteiger partial charge in [0.25, 0.3) is 6.47 Å². The number of nitrogens with zero attached hydrogens (tertiary/aromatic N) is 2. The van der Waals surface area contributed by atoms with Crippen LogP contribution in [0.1, 0.15) is 63.7 Å². The van der Waals surface area contributed by atoms with Crippen molar-refractivity contribution in [2.45, 2.75) is 73.5 Å². The Labute approximate surface area is 284 Å². The minimum absolute atomic E-state index is 0. The van der Waals surface area contributed by atoms with Crippen molar-refractivity contribution in [2.75, 3.05) is 0 Å². The van der Waals surface area contributed by atoms with Crippen molar-refractivity contribution in [2.24, 2.45) is 21.1 Å². The largest absolute Gasteiger partial charge is 1.00 e. The maximum Gasteiger partial charge on any atom is 1.00 e. The molecule has 0 atom stereocenters. The van der Waals surface area contributed by atoms with E-state index in [0.29, 0.717) is 0 Å². The van der Waals surface area contributed by atoms with Gasteiger partial charge in [0.2, 0.25) is 0 Å². The van der Waals surface area contributed by atoms with Gasteiger partial charge in [-0.05, 0) is 64.4 Å². The molecule has 142 valence electrons. The zero-order valence-corrected chi connectivity index (χ0v) is 32.0. The summed E-state index contributed by atoms with van der Waals surface area (Å²) >= 11 is 3.36. The number of rotatable bonds is 1. The van der Waals surface area contributed by atoms with Crippen LogP contribution in [0.4, 0.5) is 0 Å². The topological polar surface area (TPSA) is 92.5 Å². The van der Waals surface area contributed by atoms with Crippen LogP contribution in [0.5, 0.6) is 0 Å². The van der Waals surface area contributed by atoms with Crippen LogP contribution in [0.25, 0.3) is 0 Å². The first-order valence-electron chi connectivity index (χ1n) is 7.55. The van der Waals surface area contributed by atoms with Crippen LogP contribution < -0.4 is 143 Å². The normalized spacial score (nSPS) is 22.0. The molecule has 0 bridgehead atoms. The van der Waals surface area contributed by atoms with E-state index >= 15 is 0 Å². The average Bonchev–Trinajstić information content (AvgIpc) is 2.78. The molecule has 0 unspecified atom stereocenters. The third kappa shape index (κ3) is 8.60. The maximum atomic E-state index is 8.64. The summed E-state index contributed by atoms with van der Waals surface area (Å²) in [5, 5.41) is 16.3. The van der Waals surface area contributed by atoms with Gasteiger partial charge in [0.1, 0.15) is 15.8 Å². The van der Waals surface area contributed by atoms with Crippen molar-refractivity contribution in [3.8, 4) is 0 Å². The van der Waals surface area contributed by atoms with Crippen LogP contribution in [0.3, 0.4) is 0 Å². The zero-order chi connectivity index (χ0) is 19.4. The third-order valence-corrected chi connectivity index (χ3v) is 6.37. The Balaban J connectivity index is -0.000000150. The Morgan fingerprint density at radius 1 is 0.962 bits per heavy atom. The number of carbonyl (C=O) groups is 1. The van der Waals surface area contributed by atoms with Gasteiger partial charge in [0.05, 0.1) is 11.1 Å². The van der Waals surface area contributed by atoms with Crippen molar-refractivity contribution < 1.29 is 164 Å². The minimum Gasteiger partial charge on any atom is -1.00 e. The summed E-state index contributed by atoms with van der Waals surface area (Å²) in [7, 11) is 0. The third-order valence-electron chi connectivity index (χ3n) is 5.23. The standard InChI is InChI=1S/C8H15NO.C7H12BrNO.CH2O3.2Cs.H/c1-6-7(2,3)8(4,5)10-9-6;1-6(2)5(8)9-10-7(6,3)4;2-1-4-3;;;/h1-5H3;1-4H3;1,3H;;;/q;;;2*+1;-1/p-1. The summed E-state index contributed by atoms with van der Waals surface area (Å²) in [6.07, 6.45) is 0. The first-order chi connectivity index (χ1) is 10.7. The molecule has 0 aromatic heterocycles. The van der Waals surface area contributed by atoms with Crippen molar-refractivity contribution >= 4 is 32.7 Å². The van der Waals surface area contributed by atoms with Crippen LogP contribution in [0, 0.1) is 10.8 Å². The fourth-order valence-corrected chi connectivity index (χ4v) is 2.03. The van der Waals surface area contributed by atoms with Crippen molar-refractivity contribution in [1.29, 1.82) is 0 Å². The smallest absolute Gasteiger partial charge is 1.00 e. The molecule has 2 aliphatic heterocycles. The Morgan fingerprint density at radius 3 is 1.38 bits per heavy atom. The van der Waals surface area contributed by atoms with Crippen LogP contribution in [-0.4, -0.2) is 28.0 Å². The Hall–Kier alpha value is 2.95. The molecule has 0 spiro atoms. The molecule has 7 nitrogen and oxygen atoms in total. The van der Waals surface area contributed by atoms with E-state index in [-0.39, 0.29) is 168 Å². The predicted octanol–water partition coefficient (Wildman–Crippen LogP) is -2.72. The number of halogens is 1. The summed E-state index contributed by atoms with van der Waals surface area (Å²) in [5.41, 5.74) is 0.820. The first kappa shape index (κ1) is 33.6.